The average molecular weight is 1570 g/mol. The summed E-state index contributed by atoms with van der Waals surface area (Å²) in [5, 5.41) is 13.4. The van der Waals surface area contributed by atoms with Crippen molar-refractivity contribution in [1.29, 1.82) is 0 Å². The molecule has 1 amide bonds. The summed E-state index contributed by atoms with van der Waals surface area (Å²) in [6.45, 7) is 19.3. The van der Waals surface area contributed by atoms with Crippen molar-refractivity contribution in [3.63, 3.8) is 0 Å². The van der Waals surface area contributed by atoms with Crippen LogP contribution in [0.25, 0.3) is 41.6 Å². The number of benzene rings is 8. The number of para-hydroxylation sites is 2. The fourth-order valence-electron chi connectivity index (χ4n) is 11.9. The van der Waals surface area contributed by atoms with Gasteiger partial charge in [-0.05, 0) is 187 Å². The van der Waals surface area contributed by atoms with Crippen molar-refractivity contribution in [2.45, 2.75) is 209 Å². The van der Waals surface area contributed by atoms with Crippen molar-refractivity contribution in [2.75, 3.05) is 68.9 Å². The number of hydrogen-bond acceptors (Lipinski definition) is 14. The summed E-state index contributed by atoms with van der Waals surface area (Å²) in [7, 11) is 12.5. The number of aliphatic hydroxyl groups excluding tert-OH is 1. The fraction of sp³-hybridized carbons (Fsp3) is 0.424. The molecule has 2 N–H and O–H groups in total. The van der Waals surface area contributed by atoms with Crippen LogP contribution in [0.5, 0.6) is 0 Å². The van der Waals surface area contributed by atoms with Crippen molar-refractivity contribution in [3.05, 3.63) is 183 Å². The number of amides is 1. The molecule has 1 saturated heterocycles. The Morgan fingerprint density at radius 1 is 0.588 bits per heavy atom. The van der Waals surface area contributed by atoms with E-state index in [0.29, 0.717) is 0 Å². The van der Waals surface area contributed by atoms with Gasteiger partial charge in [-0.3, -0.25) is 4.79 Å². The first-order chi connectivity index (χ1) is 48.7. The molecule has 12 nitrogen and oxygen atoms in total. The first-order valence-electron chi connectivity index (χ1n) is 36.7. The van der Waals surface area contributed by atoms with E-state index >= 15 is 0 Å². The topological polar surface area (TPSA) is 123 Å². The molecule has 5 heterocycles. The minimum atomic E-state index is -0.532. The molecule has 6 aromatic carbocycles. The van der Waals surface area contributed by atoms with E-state index in [-0.39, 0.29) is 35.5 Å². The van der Waals surface area contributed by atoms with Gasteiger partial charge in [0, 0.05) is 95.4 Å². The van der Waals surface area contributed by atoms with Crippen LogP contribution in [0.1, 0.15) is 174 Å². The highest BCUT2D eigenvalue weighted by Gasteiger charge is 2.32. The smallest absolute Gasteiger partial charge is 0.419 e. The Morgan fingerprint density at radius 2 is 1.08 bits per heavy atom. The monoisotopic (exact) mass is 1560 g/mol. The predicted molar refractivity (Wildman–Crippen MR) is 436 cm³/mol. The molecule has 1 atom stereocenters. The Morgan fingerprint density at radius 3 is 1.61 bits per heavy atom. The summed E-state index contributed by atoms with van der Waals surface area (Å²) in [5.74, 6) is 0. The number of nitrogens with one attached hydrogen (secondary N) is 1. The molecule has 13 rings (SSSR count). The molecule has 546 valence electrons. The Labute approximate surface area is 642 Å². The largest absolute Gasteiger partial charge is 1.00 e. The molecule has 5 aliphatic heterocycles. The van der Waals surface area contributed by atoms with Gasteiger partial charge in [0.1, 0.15) is 19.7 Å². The van der Waals surface area contributed by atoms with Crippen molar-refractivity contribution >= 4 is 107 Å². The highest BCUT2D eigenvalue weighted by atomic mass is 127. The predicted octanol–water partition coefficient (Wildman–Crippen LogP) is 19.5. The number of rotatable bonds is 18. The zero-order valence-corrected chi connectivity index (χ0v) is 68.6. The standard InChI is InChI=1S/C22H27NO2S.C21H28N3S.C19H22N2OS.C17H19NS.C4H8O2.C2H6.HI/c1-5-6-7-10-16-13-14-20-18(15-16)23(21(24)25-22(2,3)4)17-11-8-9-12-19(17)26-20;1-6-7-8-9-15-12-18-21(14-19(15)24(4)5)25-20-13-16(23(2)3)10-11-17(20)22-18;1-4-5-6-7-13-10-16-19(12-17(13)22)23-18-11-14(21(2)3)8-9-15(18)20-16;1-2-3-4-7-13-10-11-17-15(12-13)18-14-8-5-6-9-16(14)19-17;5-4-2-1-3-6-4;1-2;/h8-9,11-15H,5-7,10H2,1-4H3;10-14H,6-9H2,1-5H3;8-12H,4-7H2,1-3H3;5-6,8-12,18H,2-4,7H2,1H3;4-5H,1-3H2;1-2H3;1H/q;+1;;;;;/p-1. The SMILES string of the molecule is CC.CCCCCc1cc2nc3ccc(N(C)C)cc3sc-2cc1=O.CCCCCc1cc2nc3ccc(N(C)C)cc3sc-2cc1=[N+](C)C.CCCCCc1ccc2c(c1)N(C(=O)OC(C)(C)C)c1ccccc1S2.CCCCCc1ccc2c(c1)Nc1ccccc1S2.OC1CCCO1.[I-]. The Bertz CT molecular complexity index is 4370. The highest BCUT2D eigenvalue weighted by molar-refractivity contribution is 8.00. The summed E-state index contributed by atoms with van der Waals surface area (Å²) < 4.78 is 15.0. The van der Waals surface area contributed by atoms with Crippen LogP contribution in [0.4, 0.5) is 38.9 Å². The van der Waals surface area contributed by atoms with Crippen LogP contribution in [-0.2, 0) is 35.2 Å². The quantitative estimate of drug-likeness (QED) is 0.0368. The lowest BCUT2D eigenvalue weighted by molar-refractivity contribution is -0.0589. The van der Waals surface area contributed by atoms with Crippen molar-refractivity contribution in [2.24, 2.45) is 0 Å². The van der Waals surface area contributed by atoms with Gasteiger partial charge in [-0.25, -0.2) is 24.2 Å². The molecular weight excluding hydrogens is 1450 g/mol. The number of carbonyl (C=O) groups excluding carboxylic acids is 1. The number of anilines is 6. The third-order valence-electron chi connectivity index (χ3n) is 17.4. The van der Waals surface area contributed by atoms with E-state index < -0.39 is 11.9 Å². The number of fused-ring (bicyclic) bond motifs is 8. The van der Waals surface area contributed by atoms with Crippen LogP contribution < -0.4 is 59.4 Å². The molecule has 17 heteroatoms. The number of halogens is 1. The maximum Gasteiger partial charge on any atom is 0.419 e. The number of aliphatic hydroxyl groups is 1. The second-order valence-corrected chi connectivity index (χ2v) is 31.7. The van der Waals surface area contributed by atoms with Crippen LogP contribution in [0.2, 0.25) is 0 Å². The number of carbonyl (C=O) groups is 1. The molecule has 2 aliphatic carbocycles. The molecule has 7 aliphatic rings. The van der Waals surface area contributed by atoms with Crippen LogP contribution >= 0.6 is 46.2 Å². The molecule has 0 saturated carbocycles. The van der Waals surface area contributed by atoms with Crippen LogP contribution in [0.3, 0.4) is 0 Å². The molecule has 102 heavy (non-hydrogen) atoms. The minimum Gasteiger partial charge on any atom is -1.00 e. The van der Waals surface area contributed by atoms with E-state index in [1.165, 1.54) is 136 Å². The summed E-state index contributed by atoms with van der Waals surface area (Å²) in [6.07, 6.45) is 19.9. The lowest BCUT2D eigenvalue weighted by atomic mass is 10.0. The average Bonchev–Trinajstić information content (AvgIpc) is 0.781. The molecule has 1 fully saturated rings. The van der Waals surface area contributed by atoms with E-state index in [2.05, 4.69) is 191 Å². The maximum atomic E-state index is 13.0. The number of unbranched alkanes of at least 4 members (excludes halogenated alkanes) is 8. The number of nitrogens with zero attached hydrogens (tertiary/aromatic N) is 6. The van der Waals surface area contributed by atoms with Gasteiger partial charge in [-0.1, -0.05) is 153 Å². The number of hydrogen-bond donors (Lipinski definition) is 2. The normalized spacial score (nSPS) is 13.1. The van der Waals surface area contributed by atoms with Crippen molar-refractivity contribution in [3.8, 4) is 21.1 Å². The Balaban J connectivity index is 0.000000184. The first kappa shape index (κ1) is 82.7. The number of aryl methyl sites for hydroxylation is 4. The minimum absolute atomic E-state index is 0. The van der Waals surface area contributed by atoms with Gasteiger partial charge >= 0.3 is 6.09 Å². The van der Waals surface area contributed by atoms with E-state index in [9.17, 15) is 9.59 Å². The molecule has 0 spiro atoms. The number of aromatic nitrogens is 2. The van der Waals surface area contributed by atoms with Gasteiger partial charge < -0.3 is 53.7 Å². The van der Waals surface area contributed by atoms with Crippen molar-refractivity contribution < 1.29 is 43.4 Å². The third kappa shape index (κ3) is 23.7. The van der Waals surface area contributed by atoms with Crippen molar-refractivity contribution in [1.82, 2.24) is 14.5 Å². The van der Waals surface area contributed by atoms with Gasteiger partial charge in [0.25, 0.3) is 0 Å². The summed E-state index contributed by atoms with van der Waals surface area (Å²) in [4.78, 5) is 48.0. The van der Waals surface area contributed by atoms with Gasteiger partial charge in [0.2, 0.25) is 5.36 Å². The fourth-order valence-corrected chi connectivity index (χ4v) is 15.9. The first-order valence-corrected chi connectivity index (χ1v) is 40.0. The molecule has 0 bridgehead atoms. The Kier molecular flexibility index (Phi) is 33.4. The zero-order chi connectivity index (χ0) is 72.6. The van der Waals surface area contributed by atoms with Gasteiger partial charge in [-0.2, -0.15) is 0 Å². The van der Waals surface area contributed by atoms with E-state index in [0.717, 1.165) is 110 Å². The Hall–Kier alpha value is -6.58. The molecule has 0 aromatic heterocycles. The molecule has 1 unspecified atom stereocenters. The summed E-state index contributed by atoms with van der Waals surface area (Å²) in [5.41, 5.74) is 15.4. The molecule has 0 radical (unpaired) electrons. The second-order valence-electron chi connectivity index (χ2n) is 27.3. The molecule has 6 aromatic rings. The third-order valence-corrected chi connectivity index (χ3v) is 21.8. The lowest BCUT2D eigenvalue weighted by Crippen LogP contribution is -3.00. The zero-order valence-electron chi connectivity index (χ0n) is 63.1. The summed E-state index contributed by atoms with van der Waals surface area (Å²) >= 11 is 7.05. The van der Waals surface area contributed by atoms with E-state index in [4.69, 9.17) is 24.5 Å². The summed E-state index contributed by atoms with van der Waals surface area (Å²) in [6, 6.07) is 51.0. The maximum absolute atomic E-state index is 13.0. The van der Waals surface area contributed by atoms with Crippen LogP contribution in [0, 0.1) is 0 Å². The van der Waals surface area contributed by atoms with Gasteiger partial charge in [-0.15, -0.1) is 22.7 Å². The lowest BCUT2D eigenvalue weighted by Gasteiger charge is -2.33. The van der Waals surface area contributed by atoms with Gasteiger partial charge in [0.15, 0.2) is 11.7 Å². The second kappa shape index (κ2) is 41.2. The van der Waals surface area contributed by atoms with Crippen LogP contribution in [0.15, 0.2) is 170 Å². The van der Waals surface area contributed by atoms with Gasteiger partial charge in [0.05, 0.1) is 64.3 Å². The highest BCUT2D eigenvalue weighted by Crippen LogP contribution is 2.49. The van der Waals surface area contributed by atoms with Crippen LogP contribution in [-0.4, -0.2) is 82.0 Å². The molecular formula is C85H110IN7O5S4. The van der Waals surface area contributed by atoms with E-state index in [1.54, 1.807) is 34.1 Å². The number of ether oxygens (including phenoxy) is 2. The van der Waals surface area contributed by atoms with E-state index in [1.807, 2.05) is 96.1 Å².